The number of hydrogen-bond acceptors (Lipinski definition) is 5. The Kier molecular flexibility index (Phi) is 3.87. The Balaban J connectivity index is 1.64. The normalized spacial score (nSPS) is 16.2. The van der Waals surface area contributed by atoms with Crippen LogP contribution < -0.4 is 0 Å². The van der Waals surface area contributed by atoms with Crippen molar-refractivity contribution in [3.8, 4) is 0 Å². The smallest absolute Gasteiger partial charge is 0.253 e. The molecule has 25 heavy (non-hydrogen) atoms. The predicted molar refractivity (Wildman–Crippen MR) is 98.0 cm³/mol. The number of fused-ring (bicyclic) bond motifs is 3. The lowest BCUT2D eigenvalue weighted by Crippen LogP contribution is -2.29. The second-order valence-corrected chi connectivity index (χ2v) is 8.38. The van der Waals surface area contributed by atoms with Crippen molar-refractivity contribution < 1.29 is 4.79 Å². The summed E-state index contributed by atoms with van der Waals surface area (Å²) in [6, 6.07) is 8.47. The lowest BCUT2D eigenvalue weighted by Gasteiger charge is -2.29. The number of benzene rings is 1. The number of aromatic nitrogens is 4. The van der Waals surface area contributed by atoms with Gasteiger partial charge in [0.15, 0.2) is 5.78 Å². The van der Waals surface area contributed by atoms with Crippen LogP contribution in [-0.2, 0) is 12.2 Å². The van der Waals surface area contributed by atoms with E-state index >= 15 is 0 Å². The van der Waals surface area contributed by atoms with Crippen LogP contribution in [0.3, 0.4) is 0 Å². The number of ketones is 1. The second kappa shape index (κ2) is 5.95. The van der Waals surface area contributed by atoms with Gasteiger partial charge in [0.05, 0.1) is 11.3 Å². The number of Topliss-reactive ketones (excluding diaryl/α,β-unsaturated/α-hetero) is 1. The number of aryl methyl sites for hydroxylation is 1. The molecule has 1 aliphatic carbocycles. The van der Waals surface area contributed by atoms with Crippen molar-refractivity contribution in [2.45, 2.75) is 44.5 Å². The fourth-order valence-electron chi connectivity index (χ4n) is 3.20. The van der Waals surface area contributed by atoms with Crippen LogP contribution in [0.2, 0.25) is 0 Å². The minimum Gasteiger partial charge on any atom is -0.294 e. The number of hydrogen-bond donors (Lipinski definition) is 0. The van der Waals surface area contributed by atoms with Gasteiger partial charge in [-0.3, -0.25) is 4.79 Å². The highest BCUT2D eigenvalue weighted by Gasteiger charge is 2.33. The van der Waals surface area contributed by atoms with Gasteiger partial charge >= 0.3 is 0 Å². The minimum absolute atomic E-state index is 0.0560. The minimum atomic E-state index is -0.0560. The van der Waals surface area contributed by atoms with Gasteiger partial charge in [-0.25, -0.2) is 4.98 Å². The molecule has 0 unspecified atom stereocenters. The number of carbonyl (C=O) groups excluding carboxylic acids is 1. The molecule has 5 nitrogen and oxygen atoms in total. The van der Waals surface area contributed by atoms with E-state index in [1.54, 1.807) is 22.5 Å². The lowest BCUT2D eigenvalue weighted by molar-refractivity contribution is 0.0908. The second-order valence-electron chi connectivity index (χ2n) is 7.44. The molecule has 128 valence electrons. The van der Waals surface area contributed by atoms with Crippen LogP contribution in [-0.4, -0.2) is 25.4 Å². The van der Waals surface area contributed by atoms with Gasteiger partial charge in [-0.15, -0.1) is 5.10 Å². The first-order valence-electron chi connectivity index (χ1n) is 8.37. The highest BCUT2D eigenvalue weighted by atomic mass is 32.2. The monoisotopic (exact) mass is 352 g/mol. The van der Waals surface area contributed by atoms with Gasteiger partial charge < -0.3 is 0 Å². The summed E-state index contributed by atoms with van der Waals surface area (Å²) in [6.07, 6.45) is 3.01. The van der Waals surface area contributed by atoms with Gasteiger partial charge in [-0.1, -0.05) is 55.4 Å². The van der Waals surface area contributed by atoms with E-state index in [-0.39, 0.29) is 11.2 Å². The maximum absolute atomic E-state index is 12.4. The molecule has 2 heterocycles. The summed E-state index contributed by atoms with van der Waals surface area (Å²) in [6.45, 7) is 6.31. The van der Waals surface area contributed by atoms with Crippen molar-refractivity contribution in [1.82, 2.24) is 19.6 Å². The molecule has 0 radical (unpaired) electrons. The summed E-state index contributed by atoms with van der Waals surface area (Å²) in [5, 5.41) is 5.30. The maximum atomic E-state index is 12.4. The molecule has 0 spiro atoms. The molecule has 0 fully saturated rings. The Bertz CT molecular complexity index is 959. The molecule has 6 heteroatoms. The SMILES string of the molecule is Cc1ccc(CSc2nc3ncc4c(n3n2)CC(C)(C)CC4=O)cc1. The van der Waals surface area contributed by atoms with Crippen LogP contribution in [0, 0.1) is 12.3 Å². The standard InChI is InChI=1S/C19H20N4OS/c1-12-4-6-13(7-5-12)11-25-18-21-17-20-10-14-15(23(17)22-18)8-19(2,3)9-16(14)24/h4-7,10H,8-9,11H2,1-3H3. The van der Waals surface area contributed by atoms with E-state index < -0.39 is 0 Å². The van der Waals surface area contributed by atoms with Gasteiger partial charge in [0.1, 0.15) is 0 Å². The van der Waals surface area contributed by atoms with Crippen LogP contribution >= 0.6 is 11.8 Å². The zero-order chi connectivity index (χ0) is 17.6. The van der Waals surface area contributed by atoms with Gasteiger partial charge in [-0.05, 0) is 24.3 Å². The summed E-state index contributed by atoms with van der Waals surface area (Å²) in [5.74, 6) is 1.52. The highest BCUT2D eigenvalue weighted by Crippen LogP contribution is 2.34. The number of carbonyl (C=O) groups is 1. The fraction of sp³-hybridized carbons (Fsp3) is 0.368. The zero-order valence-corrected chi connectivity index (χ0v) is 15.4. The molecule has 4 rings (SSSR count). The largest absolute Gasteiger partial charge is 0.294 e. The molecule has 3 aromatic rings. The van der Waals surface area contributed by atoms with E-state index in [1.807, 2.05) is 0 Å². The van der Waals surface area contributed by atoms with E-state index in [9.17, 15) is 4.79 Å². The Morgan fingerprint density at radius 2 is 1.96 bits per heavy atom. The first kappa shape index (κ1) is 16.3. The van der Waals surface area contributed by atoms with E-state index in [1.165, 1.54) is 11.1 Å². The Labute approximate surface area is 150 Å². The first-order valence-corrected chi connectivity index (χ1v) is 9.36. The Morgan fingerprint density at radius 1 is 1.20 bits per heavy atom. The van der Waals surface area contributed by atoms with Gasteiger partial charge in [0.2, 0.25) is 5.16 Å². The first-order chi connectivity index (χ1) is 11.9. The molecule has 2 aromatic heterocycles. The Morgan fingerprint density at radius 3 is 2.72 bits per heavy atom. The Hall–Kier alpha value is -2.21. The summed E-state index contributed by atoms with van der Waals surface area (Å²) < 4.78 is 1.76. The number of rotatable bonds is 3. The number of nitrogens with zero attached hydrogens (tertiary/aromatic N) is 4. The zero-order valence-electron chi connectivity index (χ0n) is 14.6. The van der Waals surface area contributed by atoms with Crippen LogP contribution in [0.25, 0.3) is 5.78 Å². The van der Waals surface area contributed by atoms with Crippen molar-refractivity contribution in [2.24, 2.45) is 5.41 Å². The maximum Gasteiger partial charge on any atom is 0.253 e. The molecule has 0 aliphatic heterocycles. The molecular weight excluding hydrogens is 332 g/mol. The summed E-state index contributed by atoms with van der Waals surface area (Å²) >= 11 is 1.59. The lowest BCUT2D eigenvalue weighted by atomic mass is 9.76. The van der Waals surface area contributed by atoms with Gasteiger partial charge in [0, 0.05) is 18.4 Å². The van der Waals surface area contributed by atoms with Gasteiger partial charge in [0.25, 0.3) is 5.78 Å². The van der Waals surface area contributed by atoms with Crippen LogP contribution in [0.1, 0.15) is 47.4 Å². The van der Waals surface area contributed by atoms with E-state index in [0.717, 1.165) is 17.9 Å². The number of thioether (sulfide) groups is 1. The summed E-state index contributed by atoms with van der Waals surface area (Å²) in [4.78, 5) is 21.2. The molecule has 1 aliphatic rings. The summed E-state index contributed by atoms with van der Waals surface area (Å²) in [5.41, 5.74) is 4.05. The molecule has 0 N–H and O–H groups in total. The molecular formula is C19H20N4OS. The van der Waals surface area contributed by atoms with E-state index in [2.05, 4.69) is 60.1 Å². The quantitative estimate of drug-likeness (QED) is 0.670. The molecule has 0 amide bonds. The molecule has 0 atom stereocenters. The van der Waals surface area contributed by atoms with Gasteiger partial charge in [-0.2, -0.15) is 9.50 Å². The van der Waals surface area contributed by atoms with Crippen LogP contribution in [0.5, 0.6) is 0 Å². The average Bonchev–Trinajstić information content (AvgIpc) is 2.97. The van der Waals surface area contributed by atoms with Crippen molar-refractivity contribution in [2.75, 3.05) is 0 Å². The van der Waals surface area contributed by atoms with Crippen molar-refractivity contribution >= 4 is 23.3 Å². The van der Waals surface area contributed by atoms with E-state index in [4.69, 9.17) is 0 Å². The third-order valence-electron chi connectivity index (χ3n) is 4.52. The third kappa shape index (κ3) is 3.18. The van der Waals surface area contributed by atoms with Crippen molar-refractivity contribution in [3.63, 3.8) is 0 Å². The third-order valence-corrected chi connectivity index (χ3v) is 5.43. The van der Waals surface area contributed by atoms with E-state index in [0.29, 0.717) is 22.9 Å². The molecule has 1 aromatic carbocycles. The fourth-order valence-corrected chi connectivity index (χ4v) is 3.98. The highest BCUT2D eigenvalue weighted by molar-refractivity contribution is 7.98. The van der Waals surface area contributed by atoms with Crippen LogP contribution in [0.15, 0.2) is 35.6 Å². The average molecular weight is 352 g/mol. The predicted octanol–water partition coefficient (Wildman–Crippen LogP) is 3.88. The summed E-state index contributed by atoms with van der Waals surface area (Å²) in [7, 11) is 0. The molecule has 0 saturated carbocycles. The van der Waals surface area contributed by atoms with Crippen LogP contribution in [0.4, 0.5) is 0 Å². The van der Waals surface area contributed by atoms with Crippen molar-refractivity contribution in [3.05, 3.63) is 52.8 Å². The van der Waals surface area contributed by atoms with Crippen molar-refractivity contribution in [1.29, 1.82) is 0 Å². The topological polar surface area (TPSA) is 60.1 Å². The molecule has 0 bridgehead atoms. The molecule has 0 saturated heterocycles.